The highest BCUT2D eigenvalue weighted by Gasteiger charge is 2.61. The van der Waals surface area contributed by atoms with Crippen LogP contribution < -0.4 is 10.1 Å². The number of nitrogens with one attached hydrogen (secondary N) is 1. The number of aliphatic hydroxyl groups is 2. The molecule has 4 rings (SSSR count). The van der Waals surface area contributed by atoms with Crippen molar-refractivity contribution in [1.29, 1.82) is 0 Å². The molecule has 0 saturated heterocycles. The fourth-order valence-corrected chi connectivity index (χ4v) is 4.95. The number of halogens is 4. The summed E-state index contributed by atoms with van der Waals surface area (Å²) in [5.74, 6) is 0.841. The molecule has 0 bridgehead atoms. The van der Waals surface area contributed by atoms with Crippen LogP contribution in [0.1, 0.15) is 35.6 Å². The van der Waals surface area contributed by atoms with E-state index < -0.39 is 36.6 Å². The molecule has 2 aromatic heterocycles. The minimum Gasteiger partial charge on any atom is -0.491 e. The van der Waals surface area contributed by atoms with Crippen LogP contribution in [0.2, 0.25) is 5.02 Å². The molecule has 1 aromatic carbocycles. The number of hydrogen-bond acceptors (Lipinski definition) is 8. The zero-order valence-corrected chi connectivity index (χ0v) is 22.2. The van der Waals surface area contributed by atoms with Crippen molar-refractivity contribution in [3.63, 3.8) is 0 Å². The molecule has 0 spiro atoms. The second kappa shape index (κ2) is 10.8. The molecule has 0 radical (unpaired) electrons. The van der Waals surface area contributed by atoms with Crippen LogP contribution in [0, 0.1) is 26.7 Å². The van der Waals surface area contributed by atoms with Crippen molar-refractivity contribution in [2.75, 3.05) is 20.2 Å². The average molecular weight is 555 g/mol. The van der Waals surface area contributed by atoms with Gasteiger partial charge in [-0.25, -0.2) is 9.97 Å². The molecule has 1 atom stereocenters. The maximum Gasteiger partial charge on any atom is 0.417 e. The number of benzene rings is 1. The standard InChI is InChI=1S/C26H30ClF3N4O4/c1-13-21(7-16-9-25(36,10-16)26(28,29)30)32-24(33-23(13)22-14(2)34-38-15(22)3)19-8-18(5-6-20(19)27)37-12-17(35)11-31-4/h5-6,8,16-17,31,35-36H,7,9-12H2,1-4H3. The second-order valence-corrected chi connectivity index (χ2v) is 10.2. The van der Waals surface area contributed by atoms with E-state index >= 15 is 0 Å². The molecule has 3 aromatic rings. The summed E-state index contributed by atoms with van der Waals surface area (Å²) in [6.07, 6.45) is -5.96. The van der Waals surface area contributed by atoms with Crippen LogP contribution in [0.4, 0.5) is 13.2 Å². The quantitative estimate of drug-likeness (QED) is 0.352. The zero-order valence-electron chi connectivity index (χ0n) is 21.5. The maximum atomic E-state index is 13.2. The van der Waals surface area contributed by atoms with Gasteiger partial charge in [0.05, 0.1) is 22.0 Å². The molecule has 3 N–H and O–H groups in total. The number of aliphatic hydroxyl groups excluding tert-OH is 1. The summed E-state index contributed by atoms with van der Waals surface area (Å²) in [5, 5.41) is 27.1. The second-order valence-electron chi connectivity index (χ2n) is 9.84. The Balaban J connectivity index is 1.73. The van der Waals surface area contributed by atoms with Crippen LogP contribution >= 0.6 is 11.6 Å². The van der Waals surface area contributed by atoms with E-state index in [1.807, 2.05) is 0 Å². The van der Waals surface area contributed by atoms with Crippen LogP contribution in [0.5, 0.6) is 5.75 Å². The van der Waals surface area contributed by atoms with Gasteiger partial charge in [-0.15, -0.1) is 0 Å². The fourth-order valence-electron chi connectivity index (χ4n) is 4.74. The van der Waals surface area contributed by atoms with Crippen molar-refractivity contribution >= 4 is 11.6 Å². The van der Waals surface area contributed by atoms with Gasteiger partial charge >= 0.3 is 6.18 Å². The Morgan fingerprint density at radius 1 is 1.24 bits per heavy atom. The summed E-state index contributed by atoms with van der Waals surface area (Å²) in [7, 11) is 1.72. The Morgan fingerprint density at radius 2 is 1.95 bits per heavy atom. The number of hydrogen-bond donors (Lipinski definition) is 3. The lowest BCUT2D eigenvalue weighted by atomic mass is 9.68. The highest BCUT2D eigenvalue weighted by atomic mass is 35.5. The van der Waals surface area contributed by atoms with E-state index in [9.17, 15) is 23.4 Å². The molecule has 12 heteroatoms. The molecule has 38 heavy (non-hydrogen) atoms. The predicted molar refractivity (Wildman–Crippen MR) is 135 cm³/mol. The molecule has 1 aliphatic carbocycles. The molecule has 2 heterocycles. The lowest BCUT2D eigenvalue weighted by molar-refractivity contribution is -0.298. The van der Waals surface area contributed by atoms with Gasteiger partial charge in [0, 0.05) is 17.8 Å². The summed E-state index contributed by atoms with van der Waals surface area (Å²) in [4.78, 5) is 9.48. The molecule has 206 valence electrons. The number of nitrogens with zero attached hydrogens (tertiary/aromatic N) is 3. The van der Waals surface area contributed by atoms with E-state index in [0.29, 0.717) is 56.8 Å². The molecule has 0 aliphatic heterocycles. The monoisotopic (exact) mass is 554 g/mol. The van der Waals surface area contributed by atoms with E-state index in [2.05, 4.69) is 10.5 Å². The van der Waals surface area contributed by atoms with E-state index in [1.54, 1.807) is 46.0 Å². The molecular formula is C26H30ClF3N4O4. The molecule has 8 nitrogen and oxygen atoms in total. The van der Waals surface area contributed by atoms with Gasteiger partial charge in [0.25, 0.3) is 0 Å². The van der Waals surface area contributed by atoms with Crippen LogP contribution in [0.15, 0.2) is 22.7 Å². The van der Waals surface area contributed by atoms with Crippen molar-refractivity contribution in [3.05, 3.63) is 45.9 Å². The largest absolute Gasteiger partial charge is 0.491 e. The van der Waals surface area contributed by atoms with E-state index in [4.69, 9.17) is 30.8 Å². The van der Waals surface area contributed by atoms with Crippen LogP contribution in [-0.2, 0) is 6.42 Å². The predicted octanol–water partition coefficient (Wildman–Crippen LogP) is 4.58. The first-order valence-electron chi connectivity index (χ1n) is 12.2. The van der Waals surface area contributed by atoms with Gasteiger partial charge in [0.15, 0.2) is 11.4 Å². The summed E-state index contributed by atoms with van der Waals surface area (Å²) < 4.78 is 50.7. The van der Waals surface area contributed by atoms with Gasteiger partial charge in [0.2, 0.25) is 0 Å². The lowest BCUT2D eigenvalue weighted by Gasteiger charge is -2.44. The summed E-state index contributed by atoms with van der Waals surface area (Å²) in [6.45, 7) is 5.75. The van der Waals surface area contributed by atoms with E-state index in [0.717, 1.165) is 0 Å². The SMILES string of the molecule is CNCC(O)COc1ccc(Cl)c(-c2nc(CC3CC(O)(C(F)(F)F)C3)c(C)c(-c3c(C)noc3C)n2)c1. The zero-order chi connectivity index (χ0) is 27.8. The van der Waals surface area contributed by atoms with Gasteiger partial charge in [-0.05, 0) is 76.8 Å². The molecule has 1 unspecified atom stereocenters. The molecule has 1 saturated carbocycles. The first-order valence-corrected chi connectivity index (χ1v) is 12.6. The number of ether oxygens (including phenoxy) is 1. The van der Waals surface area contributed by atoms with Crippen molar-refractivity contribution in [3.8, 4) is 28.4 Å². The number of aromatic nitrogens is 3. The first-order chi connectivity index (χ1) is 17.8. The fraction of sp³-hybridized carbons (Fsp3) is 0.500. The van der Waals surface area contributed by atoms with Crippen LogP contribution in [0.3, 0.4) is 0 Å². The van der Waals surface area contributed by atoms with Gasteiger partial charge in [-0.1, -0.05) is 16.8 Å². The number of likely N-dealkylation sites (N-methyl/N-ethyl adjacent to an activating group) is 1. The lowest BCUT2D eigenvalue weighted by Crippen LogP contribution is -2.55. The molecule has 0 amide bonds. The van der Waals surface area contributed by atoms with Crippen molar-refractivity contribution in [1.82, 2.24) is 20.4 Å². The number of rotatable bonds is 9. The Morgan fingerprint density at radius 3 is 2.55 bits per heavy atom. The molecule has 1 aliphatic rings. The van der Waals surface area contributed by atoms with E-state index in [1.165, 1.54) is 0 Å². The van der Waals surface area contributed by atoms with Crippen LogP contribution in [-0.4, -0.2) is 63.4 Å². The van der Waals surface area contributed by atoms with Gasteiger partial charge in [0.1, 0.15) is 24.2 Å². The summed E-state index contributed by atoms with van der Waals surface area (Å²) >= 11 is 6.52. The highest BCUT2D eigenvalue weighted by molar-refractivity contribution is 6.33. The van der Waals surface area contributed by atoms with Crippen LogP contribution in [0.25, 0.3) is 22.6 Å². The third-order valence-electron chi connectivity index (χ3n) is 6.84. The smallest absolute Gasteiger partial charge is 0.417 e. The van der Waals surface area contributed by atoms with Gasteiger partial charge < -0.3 is 24.8 Å². The van der Waals surface area contributed by atoms with Crippen molar-refractivity contribution in [2.45, 2.75) is 57.9 Å². The van der Waals surface area contributed by atoms with E-state index in [-0.39, 0.29) is 18.9 Å². The Bertz CT molecular complexity index is 1290. The Hall–Kier alpha value is -2.73. The third-order valence-corrected chi connectivity index (χ3v) is 7.17. The summed E-state index contributed by atoms with van der Waals surface area (Å²) in [5.41, 5.74) is 0.846. The summed E-state index contributed by atoms with van der Waals surface area (Å²) in [6, 6.07) is 4.95. The number of aryl methyl sites for hydroxylation is 2. The Labute approximate surface area is 223 Å². The minimum atomic E-state index is -4.67. The number of alkyl halides is 3. The van der Waals surface area contributed by atoms with Gasteiger partial charge in [-0.3, -0.25) is 0 Å². The topological polar surface area (TPSA) is 114 Å². The van der Waals surface area contributed by atoms with Gasteiger partial charge in [-0.2, -0.15) is 13.2 Å². The molecule has 1 fully saturated rings. The normalized spacial score (nSPS) is 20.3. The maximum absolute atomic E-state index is 13.2. The van der Waals surface area contributed by atoms with Crippen molar-refractivity contribution in [2.24, 2.45) is 5.92 Å². The highest BCUT2D eigenvalue weighted by Crippen LogP contribution is 2.50. The minimum absolute atomic E-state index is 0.0516. The molecular weight excluding hydrogens is 525 g/mol. The van der Waals surface area contributed by atoms with Crippen molar-refractivity contribution < 1.29 is 32.6 Å². The Kier molecular flexibility index (Phi) is 8.04. The first kappa shape index (κ1) is 28.3. The average Bonchev–Trinajstić information content (AvgIpc) is 3.16. The third kappa shape index (κ3) is 5.66.